The molecule has 1 heterocycles. The first-order valence-corrected chi connectivity index (χ1v) is 8.48. The molecule has 0 radical (unpaired) electrons. The molecule has 0 saturated heterocycles. The summed E-state index contributed by atoms with van der Waals surface area (Å²) in [5, 5.41) is 5.91. The Morgan fingerprint density at radius 1 is 1.26 bits per heavy atom. The molecule has 1 nitrogen and oxygen atoms in total. The van der Waals surface area contributed by atoms with Gasteiger partial charge in [0.1, 0.15) is 0 Å². The van der Waals surface area contributed by atoms with Crippen molar-refractivity contribution in [3.8, 4) is 0 Å². The fraction of sp³-hybridized carbons (Fsp3) is 0.375. The Balaban J connectivity index is 1.98. The minimum atomic E-state index is 0.461. The summed E-state index contributed by atoms with van der Waals surface area (Å²) in [4.78, 5) is 0. The molecule has 0 aliphatic heterocycles. The lowest BCUT2D eigenvalue weighted by atomic mass is 10.0. The van der Waals surface area contributed by atoms with Crippen molar-refractivity contribution < 1.29 is 0 Å². The molecule has 1 aromatic carbocycles. The second kappa shape index (κ2) is 7.83. The lowest BCUT2D eigenvalue weighted by molar-refractivity contribution is 0.500. The van der Waals surface area contributed by atoms with Crippen LogP contribution in [0.4, 0.5) is 0 Å². The van der Waals surface area contributed by atoms with Crippen LogP contribution in [0.3, 0.4) is 0 Å². The lowest BCUT2D eigenvalue weighted by Gasteiger charge is -2.17. The van der Waals surface area contributed by atoms with Gasteiger partial charge >= 0.3 is 0 Å². The van der Waals surface area contributed by atoms with Gasteiger partial charge in [-0.3, -0.25) is 0 Å². The van der Waals surface area contributed by atoms with E-state index in [1.54, 1.807) is 11.3 Å². The number of hydrogen-bond acceptors (Lipinski definition) is 2. The molecule has 0 aliphatic carbocycles. The average molecular weight is 338 g/mol. The van der Waals surface area contributed by atoms with Crippen LogP contribution >= 0.6 is 27.3 Å². The molecule has 0 spiro atoms. The Kier molecular flexibility index (Phi) is 6.08. The van der Waals surface area contributed by atoms with Crippen LogP contribution < -0.4 is 5.32 Å². The van der Waals surface area contributed by atoms with Crippen LogP contribution in [-0.2, 0) is 6.42 Å². The third-order valence-corrected chi connectivity index (χ3v) is 4.72. The van der Waals surface area contributed by atoms with Gasteiger partial charge in [0.05, 0.1) is 3.79 Å². The molecule has 0 bridgehead atoms. The van der Waals surface area contributed by atoms with Crippen LogP contribution in [0.1, 0.15) is 36.9 Å². The molecule has 1 aromatic heterocycles. The second-order valence-electron chi connectivity index (χ2n) is 4.72. The van der Waals surface area contributed by atoms with Crippen LogP contribution in [0.2, 0.25) is 0 Å². The second-order valence-corrected chi connectivity index (χ2v) is 7.01. The first-order valence-electron chi connectivity index (χ1n) is 6.81. The molecule has 0 aliphatic rings. The van der Waals surface area contributed by atoms with Gasteiger partial charge < -0.3 is 5.32 Å². The van der Waals surface area contributed by atoms with Gasteiger partial charge in [0, 0.05) is 6.04 Å². The van der Waals surface area contributed by atoms with Crippen LogP contribution in [0, 0.1) is 0 Å². The van der Waals surface area contributed by atoms with Gasteiger partial charge in [0.15, 0.2) is 0 Å². The fourth-order valence-electron chi connectivity index (χ4n) is 2.17. The zero-order valence-electron chi connectivity index (χ0n) is 11.2. The Hall–Kier alpha value is -0.640. The van der Waals surface area contributed by atoms with E-state index in [-0.39, 0.29) is 0 Å². The van der Waals surface area contributed by atoms with E-state index >= 15 is 0 Å². The maximum atomic E-state index is 3.66. The van der Waals surface area contributed by atoms with Crippen molar-refractivity contribution in [2.24, 2.45) is 0 Å². The lowest BCUT2D eigenvalue weighted by Crippen LogP contribution is -2.22. The Morgan fingerprint density at radius 3 is 2.68 bits per heavy atom. The maximum absolute atomic E-state index is 3.66. The molecule has 1 N–H and O–H groups in total. The van der Waals surface area contributed by atoms with Gasteiger partial charge in [-0.25, -0.2) is 0 Å². The topological polar surface area (TPSA) is 12.0 Å². The number of nitrogens with one attached hydrogen (secondary N) is 1. The molecule has 2 rings (SSSR count). The maximum Gasteiger partial charge on any atom is 0.0701 e. The minimum absolute atomic E-state index is 0.461. The summed E-state index contributed by atoms with van der Waals surface area (Å²) in [5.74, 6) is 0. The smallest absolute Gasteiger partial charge is 0.0701 e. The minimum Gasteiger partial charge on any atom is -0.310 e. The highest BCUT2D eigenvalue weighted by atomic mass is 79.9. The van der Waals surface area contributed by atoms with Crippen molar-refractivity contribution in [1.82, 2.24) is 5.32 Å². The normalized spacial score (nSPS) is 12.5. The number of thiophene rings is 1. The van der Waals surface area contributed by atoms with E-state index in [9.17, 15) is 0 Å². The number of aryl methyl sites for hydroxylation is 1. The van der Waals surface area contributed by atoms with Crippen molar-refractivity contribution in [2.45, 2.75) is 32.2 Å². The average Bonchev–Trinajstić information content (AvgIpc) is 2.86. The molecular formula is C16H20BrNS. The third-order valence-electron chi connectivity index (χ3n) is 3.20. The van der Waals surface area contributed by atoms with E-state index in [1.165, 1.54) is 21.3 Å². The standard InChI is InChI=1S/C16H20BrNS/c1-2-10-18-15(14-11-16(17)19-12-14)9-8-13-6-4-3-5-7-13/h3-7,11-12,15,18H,2,8-10H2,1H3. The molecule has 0 fully saturated rings. The highest BCUT2D eigenvalue weighted by Crippen LogP contribution is 2.27. The van der Waals surface area contributed by atoms with Gasteiger partial charge in [0.2, 0.25) is 0 Å². The van der Waals surface area contributed by atoms with Crippen molar-refractivity contribution >= 4 is 27.3 Å². The van der Waals surface area contributed by atoms with E-state index in [0.29, 0.717) is 6.04 Å². The number of benzene rings is 1. The number of hydrogen-bond donors (Lipinski definition) is 1. The summed E-state index contributed by atoms with van der Waals surface area (Å²) in [6, 6.07) is 13.4. The predicted molar refractivity (Wildman–Crippen MR) is 87.8 cm³/mol. The summed E-state index contributed by atoms with van der Waals surface area (Å²) in [5.41, 5.74) is 2.82. The molecule has 2 aromatic rings. The molecular weight excluding hydrogens is 318 g/mol. The van der Waals surface area contributed by atoms with Gasteiger partial charge in [-0.2, -0.15) is 0 Å². The van der Waals surface area contributed by atoms with Crippen molar-refractivity contribution in [3.05, 3.63) is 56.7 Å². The first-order chi connectivity index (χ1) is 9.29. The number of rotatable bonds is 7. The van der Waals surface area contributed by atoms with E-state index in [4.69, 9.17) is 0 Å². The molecule has 3 heteroatoms. The first kappa shape index (κ1) is 14.8. The van der Waals surface area contributed by atoms with Crippen LogP contribution in [-0.4, -0.2) is 6.54 Å². The largest absolute Gasteiger partial charge is 0.310 e. The summed E-state index contributed by atoms with van der Waals surface area (Å²) in [6.07, 6.45) is 3.44. The van der Waals surface area contributed by atoms with E-state index < -0.39 is 0 Å². The summed E-state index contributed by atoms with van der Waals surface area (Å²) in [7, 11) is 0. The van der Waals surface area contributed by atoms with Gasteiger partial charge in [-0.05, 0) is 64.3 Å². The summed E-state index contributed by atoms with van der Waals surface area (Å²) >= 11 is 5.32. The highest BCUT2D eigenvalue weighted by Gasteiger charge is 2.12. The van der Waals surface area contributed by atoms with Crippen LogP contribution in [0.25, 0.3) is 0 Å². The summed E-state index contributed by atoms with van der Waals surface area (Å²) in [6.45, 7) is 3.29. The van der Waals surface area contributed by atoms with Crippen molar-refractivity contribution in [3.63, 3.8) is 0 Å². The van der Waals surface area contributed by atoms with Gasteiger partial charge in [-0.15, -0.1) is 11.3 Å². The van der Waals surface area contributed by atoms with E-state index in [0.717, 1.165) is 19.4 Å². The predicted octanol–water partition coefficient (Wildman–Crippen LogP) is 5.18. The van der Waals surface area contributed by atoms with E-state index in [2.05, 4.69) is 69.9 Å². The van der Waals surface area contributed by atoms with Gasteiger partial charge in [0.25, 0.3) is 0 Å². The van der Waals surface area contributed by atoms with Crippen molar-refractivity contribution in [2.75, 3.05) is 6.54 Å². The summed E-state index contributed by atoms with van der Waals surface area (Å²) < 4.78 is 1.21. The van der Waals surface area contributed by atoms with Gasteiger partial charge in [-0.1, -0.05) is 37.3 Å². The van der Waals surface area contributed by atoms with Crippen LogP contribution in [0.5, 0.6) is 0 Å². The Labute approximate surface area is 128 Å². The molecule has 1 atom stereocenters. The highest BCUT2D eigenvalue weighted by molar-refractivity contribution is 9.11. The molecule has 0 saturated carbocycles. The fourth-order valence-corrected chi connectivity index (χ4v) is 3.40. The van der Waals surface area contributed by atoms with E-state index in [1.807, 2.05) is 0 Å². The number of halogens is 1. The molecule has 0 amide bonds. The molecule has 1 unspecified atom stereocenters. The monoisotopic (exact) mass is 337 g/mol. The molecule has 19 heavy (non-hydrogen) atoms. The SMILES string of the molecule is CCCNC(CCc1ccccc1)c1csc(Br)c1. The quantitative estimate of drug-likeness (QED) is 0.733. The Morgan fingerprint density at radius 2 is 2.05 bits per heavy atom. The van der Waals surface area contributed by atoms with Crippen LogP contribution in [0.15, 0.2) is 45.6 Å². The zero-order chi connectivity index (χ0) is 13.5. The Bertz CT molecular complexity index is 481. The van der Waals surface area contributed by atoms with Crippen molar-refractivity contribution in [1.29, 1.82) is 0 Å². The third kappa shape index (κ3) is 4.75. The zero-order valence-corrected chi connectivity index (χ0v) is 13.6. The molecule has 102 valence electrons.